The van der Waals surface area contributed by atoms with E-state index in [4.69, 9.17) is 5.11 Å². The second-order valence-electron chi connectivity index (χ2n) is 4.63. The molecule has 1 atom stereocenters. The molecule has 5 heteroatoms. The van der Waals surface area contributed by atoms with Gasteiger partial charge in [-0.05, 0) is 26.3 Å². The second kappa shape index (κ2) is 8.61. The van der Waals surface area contributed by atoms with Crippen molar-refractivity contribution in [2.75, 3.05) is 13.2 Å². The zero-order valence-electron chi connectivity index (χ0n) is 11.3. The minimum atomic E-state index is -0.339. The van der Waals surface area contributed by atoms with Gasteiger partial charge < -0.3 is 10.4 Å². The van der Waals surface area contributed by atoms with Crippen molar-refractivity contribution in [3.05, 3.63) is 39.9 Å². The van der Waals surface area contributed by atoms with Crippen LogP contribution < -0.4 is 5.32 Å². The lowest BCUT2D eigenvalue weighted by Gasteiger charge is -2.14. The van der Waals surface area contributed by atoms with Crippen molar-refractivity contribution in [3.63, 3.8) is 0 Å². The number of aliphatic hydroxyl groups is 1. The van der Waals surface area contributed by atoms with Crippen molar-refractivity contribution < 1.29 is 10.0 Å². The van der Waals surface area contributed by atoms with Crippen molar-refractivity contribution in [2.24, 2.45) is 0 Å². The first kappa shape index (κ1) is 15.6. The fourth-order valence-corrected chi connectivity index (χ4v) is 2.04. The summed E-state index contributed by atoms with van der Waals surface area (Å²) in [7, 11) is 0. The van der Waals surface area contributed by atoms with Gasteiger partial charge in [0.1, 0.15) is 0 Å². The van der Waals surface area contributed by atoms with E-state index in [2.05, 4.69) is 5.32 Å². The lowest BCUT2D eigenvalue weighted by atomic mass is 10.1. The average Bonchev–Trinajstić information content (AvgIpc) is 2.42. The third-order valence-corrected chi connectivity index (χ3v) is 3.14. The van der Waals surface area contributed by atoms with Crippen molar-refractivity contribution in [1.82, 2.24) is 5.32 Å². The maximum Gasteiger partial charge on any atom is 0.274 e. The number of hydrogen-bond donors (Lipinski definition) is 2. The molecule has 0 spiro atoms. The number of nitro benzene ring substituents is 1. The number of aliphatic hydroxyl groups excluding tert-OH is 1. The van der Waals surface area contributed by atoms with Crippen molar-refractivity contribution in [1.29, 1.82) is 0 Å². The number of unbranched alkanes of at least 4 members (excludes halogenated alkanes) is 3. The first-order valence-corrected chi connectivity index (χ1v) is 6.74. The number of benzene rings is 1. The fraction of sp³-hybridized carbons (Fsp3) is 0.571. The van der Waals surface area contributed by atoms with E-state index >= 15 is 0 Å². The smallest absolute Gasteiger partial charge is 0.274 e. The quantitative estimate of drug-likeness (QED) is 0.409. The van der Waals surface area contributed by atoms with E-state index in [-0.39, 0.29) is 23.3 Å². The normalized spacial score (nSPS) is 12.3. The summed E-state index contributed by atoms with van der Waals surface area (Å²) in [6.07, 6.45) is 3.96. The molecular weight excluding hydrogens is 244 g/mol. The van der Waals surface area contributed by atoms with Gasteiger partial charge in [0.2, 0.25) is 0 Å². The number of para-hydroxylation sites is 1. The highest BCUT2D eigenvalue weighted by atomic mass is 16.6. The molecule has 0 amide bonds. The standard InChI is InChI=1S/C14H22N2O3/c1-12(15-10-6-2-3-7-11-17)13-8-4-5-9-14(13)16(18)19/h4-5,8-9,12,15,17H,2-3,6-7,10-11H2,1H3. The Balaban J connectivity index is 2.41. The van der Waals surface area contributed by atoms with Gasteiger partial charge in [0.25, 0.3) is 5.69 Å². The van der Waals surface area contributed by atoms with E-state index in [0.29, 0.717) is 0 Å². The van der Waals surface area contributed by atoms with E-state index in [1.54, 1.807) is 12.1 Å². The highest BCUT2D eigenvalue weighted by Gasteiger charge is 2.17. The third kappa shape index (κ3) is 5.36. The lowest BCUT2D eigenvalue weighted by molar-refractivity contribution is -0.385. The molecule has 0 aliphatic rings. The number of rotatable bonds is 9. The molecule has 2 N–H and O–H groups in total. The summed E-state index contributed by atoms with van der Waals surface area (Å²) in [6.45, 7) is 3.02. The molecule has 0 fully saturated rings. The molecule has 5 nitrogen and oxygen atoms in total. The zero-order chi connectivity index (χ0) is 14.1. The molecular formula is C14H22N2O3. The Morgan fingerprint density at radius 3 is 2.63 bits per heavy atom. The minimum absolute atomic E-state index is 0.0283. The first-order chi connectivity index (χ1) is 9.16. The van der Waals surface area contributed by atoms with Crippen molar-refractivity contribution >= 4 is 5.69 Å². The summed E-state index contributed by atoms with van der Waals surface area (Å²) in [4.78, 5) is 10.6. The predicted octanol–water partition coefficient (Wildman–Crippen LogP) is 2.80. The van der Waals surface area contributed by atoms with Gasteiger partial charge in [-0.2, -0.15) is 0 Å². The molecule has 1 rings (SSSR count). The Morgan fingerprint density at radius 1 is 1.26 bits per heavy atom. The molecule has 0 aliphatic heterocycles. The molecule has 19 heavy (non-hydrogen) atoms. The van der Waals surface area contributed by atoms with Gasteiger partial charge in [0.15, 0.2) is 0 Å². The van der Waals surface area contributed by atoms with E-state index in [9.17, 15) is 10.1 Å². The van der Waals surface area contributed by atoms with Gasteiger partial charge in [-0.25, -0.2) is 0 Å². The Labute approximate surface area is 113 Å². The molecule has 0 bridgehead atoms. The Morgan fingerprint density at radius 2 is 1.95 bits per heavy atom. The van der Waals surface area contributed by atoms with E-state index < -0.39 is 0 Å². The highest BCUT2D eigenvalue weighted by Crippen LogP contribution is 2.24. The van der Waals surface area contributed by atoms with E-state index in [1.807, 2.05) is 13.0 Å². The Kier molecular flexibility index (Phi) is 7.07. The number of nitrogens with zero attached hydrogens (tertiary/aromatic N) is 1. The van der Waals surface area contributed by atoms with Crippen molar-refractivity contribution in [2.45, 2.75) is 38.6 Å². The van der Waals surface area contributed by atoms with Crippen LogP contribution in [0.5, 0.6) is 0 Å². The number of hydrogen-bond acceptors (Lipinski definition) is 4. The third-order valence-electron chi connectivity index (χ3n) is 3.14. The first-order valence-electron chi connectivity index (χ1n) is 6.74. The van der Waals surface area contributed by atoms with Crippen LogP contribution in [0.25, 0.3) is 0 Å². The van der Waals surface area contributed by atoms with Crippen LogP contribution in [0.3, 0.4) is 0 Å². The van der Waals surface area contributed by atoms with Crippen LogP contribution in [-0.4, -0.2) is 23.2 Å². The molecule has 1 aromatic carbocycles. The van der Waals surface area contributed by atoms with Crippen LogP contribution in [0, 0.1) is 10.1 Å². The topological polar surface area (TPSA) is 75.4 Å². The van der Waals surface area contributed by atoms with Crippen LogP contribution in [0.4, 0.5) is 5.69 Å². The van der Waals surface area contributed by atoms with Crippen molar-refractivity contribution in [3.8, 4) is 0 Å². The maximum atomic E-state index is 10.9. The lowest BCUT2D eigenvalue weighted by Crippen LogP contribution is -2.20. The Bertz CT molecular complexity index is 396. The summed E-state index contributed by atoms with van der Waals surface area (Å²) in [5.74, 6) is 0. The van der Waals surface area contributed by atoms with Gasteiger partial charge in [-0.1, -0.05) is 31.0 Å². The van der Waals surface area contributed by atoms with Crippen LogP contribution in [0.15, 0.2) is 24.3 Å². The van der Waals surface area contributed by atoms with E-state index in [1.165, 1.54) is 6.07 Å². The molecule has 0 saturated heterocycles. The van der Waals surface area contributed by atoms with Crippen LogP contribution in [0.2, 0.25) is 0 Å². The summed E-state index contributed by atoms with van der Waals surface area (Å²) < 4.78 is 0. The molecule has 0 heterocycles. The van der Waals surface area contributed by atoms with Crippen LogP contribution in [-0.2, 0) is 0 Å². The van der Waals surface area contributed by atoms with Gasteiger partial charge in [0, 0.05) is 24.3 Å². The summed E-state index contributed by atoms with van der Waals surface area (Å²) in [6, 6.07) is 6.81. The van der Waals surface area contributed by atoms with Gasteiger partial charge in [-0.3, -0.25) is 10.1 Å². The molecule has 106 valence electrons. The molecule has 0 saturated carbocycles. The highest BCUT2D eigenvalue weighted by molar-refractivity contribution is 5.41. The SMILES string of the molecule is CC(NCCCCCCO)c1ccccc1[N+](=O)[O-]. The molecule has 1 aromatic rings. The number of nitrogens with one attached hydrogen (secondary N) is 1. The van der Waals surface area contributed by atoms with E-state index in [0.717, 1.165) is 37.8 Å². The van der Waals surface area contributed by atoms with Gasteiger partial charge in [0.05, 0.1) is 4.92 Å². The van der Waals surface area contributed by atoms with Crippen LogP contribution in [0.1, 0.15) is 44.2 Å². The van der Waals surface area contributed by atoms with Gasteiger partial charge in [-0.15, -0.1) is 0 Å². The summed E-state index contributed by atoms with van der Waals surface area (Å²) >= 11 is 0. The monoisotopic (exact) mass is 266 g/mol. The zero-order valence-corrected chi connectivity index (χ0v) is 11.3. The largest absolute Gasteiger partial charge is 0.396 e. The minimum Gasteiger partial charge on any atom is -0.396 e. The summed E-state index contributed by atoms with van der Waals surface area (Å²) in [5, 5.41) is 22.9. The molecule has 0 aromatic heterocycles. The fourth-order valence-electron chi connectivity index (χ4n) is 2.04. The van der Waals surface area contributed by atoms with Gasteiger partial charge >= 0.3 is 0 Å². The second-order valence-corrected chi connectivity index (χ2v) is 4.63. The maximum absolute atomic E-state index is 10.9. The summed E-state index contributed by atoms with van der Waals surface area (Å²) in [5.41, 5.74) is 0.894. The molecule has 0 aliphatic carbocycles. The molecule has 0 radical (unpaired) electrons. The number of nitro groups is 1. The Hall–Kier alpha value is -1.46. The molecule has 1 unspecified atom stereocenters. The predicted molar refractivity (Wildman–Crippen MR) is 75.1 cm³/mol. The average molecular weight is 266 g/mol. The van der Waals surface area contributed by atoms with Crippen LogP contribution >= 0.6 is 0 Å².